The quantitative estimate of drug-likeness (QED) is 0.0342. The molecule has 0 aliphatic carbocycles. The Balaban J connectivity index is 0.000000255. The number of imidazole rings is 1. The van der Waals surface area contributed by atoms with E-state index in [0.29, 0.717) is 29.9 Å². The summed E-state index contributed by atoms with van der Waals surface area (Å²) in [6, 6.07) is 15.1. The number of aromatic nitrogens is 6. The molecule has 5 N–H and O–H groups in total. The van der Waals surface area contributed by atoms with Crippen LogP contribution in [0.1, 0.15) is 77.0 Å². The first-order valence-corrected chi connectivity index (χ1v) is 28.4. The van der Waals surface area contributed by atoms with Crippen molar-refractivity contribution in [1.29, 1.82) is 0 Å². The predicted molar refractivity (Wildman–Crippen MR) is 280 cm³/mol. The lowest BCUT2D eigenvalue weighted by atomic mass is 10.3. The van der Waals surface area contributed by atoms with Gasteiger partial charge in [0.05, 0.1) is 39.4 Å². The molecule has 0 amide bonds. The highest BCUT2D eigenvalue weighted by Crippen LogP contribution is 2.48. The highest BCUT2D eigenvalue weighted by molar-refractivity contribution is 7.84. The third-order valence-corrected chi connectivity index (χ3v) is 13.7. The van der Waals surface area contributed by atoms with Crippen LogP contribution in [0.4, 0.5) is 0 Å². The summed E-state index contributed by atoms with van der Waals surface area (Å²) < 4.78 is 77.8. The molecule has 2 aliphatic heterocycles. The molecule has 8 atom stereocenters. The van der Waals surface area contributed by atoms with Gasteiger partial charge in [-0.25, -0.2) is 28.8 Å². The number of H-pyrrole nitrogens is 2. The number of nitrogens with zero attached hydrogens (tertiary/aromatic N) is 4. The Labute approximate surface area is 448 Å². The number of carbonyl (C=O) groups is 2. The first kappa shape index (κ1) is 63.5. The second kappa shape index (κ2) is 32.0. The smallest absolute Gasteiger partial charge is 0.459 e. The number of para-hydroxylation sites is 2. The van der Waals surface area contributed by atoms with Crippen molar-refractivity contribution in [2.24, 2.45) is 7.05 Å². The Hall–Kier alpha value is -6.02. The zero-order valence-corrected chi connectivity index (χ0v) is 46.2. The Morgan fingerprint density at radius 1 is 0.766 bits per heavy atom. The number of halogens is 1. The van der Waals surface area contributed by atoms with E-state index in [4.69, 9.17) is 58.3 Å². The monoisotopic (exact) mass is 1140 g/mol. The number of aliphatic hydroxyl groups is 1. The molecule has 5 heterocycles. The molecule has 424 valence electrons. The van der Waals surface area contributed by atoms with Crippen LogP contribution in [0.3, 0.4) is 0 Å². The van der Waals surface area contributed by atoms with Crippen molar-refractivity contribution in [2.45, 2.75) is 104 Å². The van der Waals surface area contributed by atoms with E-state index in [1.807, 2.05) is 31.7 Å². The zero-order chi connectivity index (χ0) is 56.5. The third kappa shape index (κ3) is 22.1. The SMILES string of the molecule is CCCCOC(=O)[C@H](C)NP(=O)(Cl)Oc1ccccc1.CCCCOC(=O)[C@H](C)NP(=O)(OC[C@@H]1OC[C@H](n2cc(C)c(=O)[nH]c2=O)O1)Oc1ccccc1.Cc1cn([C@H]2CO[C@@H](CO)O2)c(=O)[nH]c1=O.Cn1ccnc1. The van der Waals surface area contributed by atoms with E-state index in [0.717, 1.165) is 19.3 Å². The zero-order valence-electron chi connectivity index (χ0n) is 43.6. The van der Waals surface area contributed by atoms with Gasteiger partial charge in [-0.1, -0.05) is 63.1 Å². The highest BCUT2D eigenvalue weighted by Gasteiger charge is 2.36. The van der Waals surface area contributed by atoms with E-state index >= 15 is 0 Å². The van der Waals surface area contributed by atoms with Gasteiger partial charge >= 0.3 is 37.9 Å². The van der Waals surface area contributed by atoms with Gasteiger partial charge in [-0.15, -0.1) is 0 Å². The molecule has 0 bridgehead atoms. The number of aromatic amines is 2. The number of nitrogens with one attached hydrogen (secondary N) is 4. The van der Waals surface area contributed by atoms with Crippen LogP contribution in [0.25, 0.3) is 0 Å². The van der Waals surface area contributed by atoms with Crippen molar-refractivity contribution in [1.82, 2.24) is 38.8 Å². The lowest BCUT2D eigenvalue weighted by Gasteiger charge is -2.23. The maximum absolute atomic E-state index is 13.5. The number of benzene rings is 2. The summed E-state index contributed by atoms with van der Waals surface area (Å²) in [4.78, 5) is 78.4. The highest BCUT2D eigenvalue weighted by atomic mass is 35.7. The predicted octanol–water partition coefficient (Wildman–Crippen LogP) is 5.10. The maximum atomic E-state index is 13.5. The van der Waals surface area contributed by atoms with E-state index in [-0.39, 0.29) is 38.8 Å². The minimum atomic E-state index is -4.09. The first-order valence-electron chi connectivity index (χ1n) is 24.3. The summed E-state index contributed by atoms with van der Waals surface area (Å²) >= 11 is 5.79. The van der Waals surface area contributed by atoms with Crippen molar-refractivity contribution < 1.29 is 65.8 Å². The van der Waals surface area contributed by atoms with Crippen LogP contribution < -0.4 is 41.7 Å². The molecule has 26 nitrogen and oxygen atoms in total. The molecule has 0 spiro atoms. The molecular weight excluding hydrogens is 1070 g/mol. The van der Waals surface area contributed by atoms with Gasteiger partial charge in [0.1, 0.15) is 30.2 Å². The fraction of sp³-hybridized carbons (Fsp3) is 0.479. The Bertz CT molecular complexity index is 2930. The number of unbranched alkanes of at least 4 members (excludes halogenated alkanes) is 2. The molecule has 29 heteroatoms. The van der Waals surface area contributed by atoms with Gasteiger partial charge < -0.3 is 47.1 Å². The summed E-state index contributed by atoms with van der Waals surface area (Å²) in [5.74, 6) is -0.475. The van der Waals surface area contributed by atoms with Crippen molar-refractivity contribution in [3.05, 3.63) is 145 Å². The Morgan fingerprint density at radius 2 is 1.23 bits per heavy atom. The molecule has 7 rings (SSSR count). The number of ether oxygens (including phenoxy) is 6. The van der Waals surface area contributed by atoms with Crippen LogP contribution in [0, 0.1) is 13.8 Å². The van der Waals surface area contributed by atoms with Gasteiger partial charge in [0.15, 0.2) is 25.0 Å². The Kier molecular flexibility index (Phi) is 26.4. The van der Waals surface area contributed by atoms with E-state index in [9.17, 15) is 37.9 Å². The molecular formula is C48H67ClN8O18P2. The standard InChI is InChI=1S/C22H30N3O9P.C13H19ClNO4P.C9H12N2O5.C4H6N2/c1-4-5-11-30-21(27)16(3)24-35(29,34-17-9-7-6-8-10-17)32-14-19-31-13-18(33-19)25-12-15(2)20(26)23-22(25)28;1-3-4-10-18-13(16)11(2)15-20(14,17)19-12-8-6-5-7-9-12;1-5-2-11(9(14)10-8(5)13)6-4-15-7(3-12)16-6;1-6-3-2-5-4-6/h6-10,12,16,18-19H,4-5,11,13-14H2,1-3H3,(H,24,29)(H,23,26,28);5-9,11H,3-4,10H2,1-2H3,(H,15,17);2,6-7,12H,3-4H2,1H3,(H,10,13,14);2-4H,1H3/t16-,18+,19+,35?;11-,20?;6-,7-;/m001./s1. The second-order valence-corrected chi connectivity index (χ2v) is 21.3. The molecule has 2 aliphatic rings. The first-order chi connectivity index (χ1) is 36.7. The average molecular weight is 1140 g/mol. The van der Waals surface area contributed by atoms with Gasteiger partial charge in [0.2, 0.25) is 0 Å². The van der Waals surface area contributed by atoms with E-state index < -0.39 is 86.2 Å². The molecule has 3 aromatic heterocycles. The molecule has 2 fully saturated rings. The lowest BCUT2D eigenvalue weighted by molar-refractivity contribution is -0.146. The molecule has 5 aromatic rings. The molecule has 2 aromatic carbocycles. The van der Waals surface area contributed by atoms with Crippen molar-refractivity contribution >= 4 is 37.8 Å². The van der Waals surface area contributed by atoms with Crippen LogP contribution in [0.2, 0.25) is 0 Å². The topological polar surface area (TPSA) is 323 Å². The van der Waals surface area contributed by atoms with Crippen molar-refractivity contribution in [3.8, 4) is 11.5 Å². The van der Waals surface area contributed by atoms with Crippen molar-refractivity contribution in [3.63, 3.8) is 0 Å². The molecule has 0 radical (unpaired) electrons. The maximum Gasteiger partial charge on any atom is 0.459 e. The minimum Gasteiger partial charge on any atom is -0.465 e. The van der Waals surface area contributed by atoms with E-state index in [2.05, 4.69) is 25.1 Å². The van der Waals surface area contributed by atoms with E-state index in [1.165, 1.54) is 35.4 Å². The number of aliphatic hydroxyl groups excluding tert-OH is 1. The number of hydrogen-bond acceptors (Lipinski definition) is 19. The van der Waals surface area contributed by atoms with Gasteiger partial charge in [-0.2, -0.15) is 5.09 Å². The molecule has 2 unspecified atom stereocenters. The van der Waals surface area contributed by atoms with Gasteiger partial charge in [-0.05, 0) is 64.8 Å². The molecule has 0 saturated carbocycles. The van der Waals surface area contributed by atoms with Crippen LogP contribution in [-0.2, 0) is 58.7 Å². The summed E-state index contributed by atoms with van der Waals surface area (Å²) in [6.45, 7) is 6.64. The summed E-state index contributed by atoms with van der Waals surface area (Å²) in [7, 11) is -2.15. The van der Waals surface area contributed by atoms with Gasteiger partial charge in [0, 0.05) is 54.2 Å². The molecule has 2 saturated heterocycles. The fourth-order valence-corrected chi connectivity index (χ4v) is 9.43. The summed E-state index contributed by atoms with van der Waals surface area (Å²) in [6.07, 6.45) is 8.33. The van der Waals surface area contributed by atoms with Gasteiger partial charge in [-0.3, -0.25) is 42.8 Å². The minimum absolute atomic E-state index is 0.00313. The average Bonchev–Trinajstić information content (AvgIpc) is 4.20. The largest absolute Gasteiger partial charge is 0.465 e. The van der Waals surface area contributed by atoms with Crippen LogP contribution in [-0.4, -0.2) is 110 Å². The fourth-order valence-electron chi connectivity index (χ4n) is 6.26. The summed E-state index contributed by atoms with van der Waals surface area (Å²) in [5, 5.41) is 13.8. The van der Waals surface area contributed by atoms with Crippen molar-refractivity contribution in [2.75, 3.05) is 39.6 Å². The second-order valence-electron chi connectivity index (χ2n) is 16.9. The number of esters is 2. The van der Waals surface area contributed by atoms with E-state index in [1.54, 1.807) is 87.0 Å². The Morgan fingerprint density at radius 3 is 1.66 bits per heavy atom. The number of carbonyl (C=O) groups excluding carboxylic acids is 2. The third-order valence-electron chi connectivity index (χ3n) is 10.4. The van der Waals surface area contributed by atoms with Gasteiger partial charge in [0.25, 0.3) is 11.1 Å². The van der Waals surface area contributed by atoms with Crippen LogP contribution in [0.5, 0.6) is 11.5 Å². The van der Waals surface area contributed by atoms with Crippen LogP contribution >= 0.6 is 25.9 Å². The lowest BCUT2D eigenvalue weighted by Crippen LogP contribution is -2.36. The number of aryl methyl sites for hydroxylation is 3. The summed E-state index contributed by atoms with van der Waals surface area (Å²) in [5.41, 5.74) is -1.36. The number of rotatable bonds is 22. The normalized spacial score (nSPS) is 19.0. The number of hydrogen-bond donors (Lipinski definition) is 5. The van der Waals surface area contributed by atoms with Crippen LogP contribution in [0.15, 0.2) is 111 Å². The molecule has 77 heavy (non-hydrogen) atoms.